The molecule has 1 atom stereocenters. The summed E-state index contributed by atoms with van der Waals surface area (Å²) in [5, 5.41) is 1.77. The second kappa shape index (κ2) is 7.67. The molecular weight excluding hydrogens is 216 g/mol. The zero-order valence-corrected chi connectivity index (χ0v) is 11.4. The number of carbonyl (C=O) groups excluding carboxylic acids is 1. The summed E-state index contributed by atoms with van der Waals surface area (Å²) >= 11 is 0. The number of hydrogen-bond acceptors (Lipinski definition) is 3. The first-order chi connectivity index (χ1) is 8.13. The first-order valence-corrected chi connectivity index (χ1v) is 6.80. The van der Waals surface area contributed by atoms with Gasteiger partial charge in [0.05, 0.1) is 6.10 Å². The zero-order chi connectivity index (χ0) is 12.7. The molecule has 0 bridgehead atoms. The fourth-order valence-electron chi connectivity index (χ4n) is 2.09. The van der Waals surface area contributed by atoms with E-state index in [4.69, 9.17) is 4.74 Å². The zero-order valence-electron chi connectivity index (χ0n) is 11.4. The molecular formula is C13H26N2O2. The van der Waals surface area contributed by atoms with Crippen molar-refractivity contribution in [3.05, 3.63) is 0 Å². The van der Waals surface area contributed by atoms with E-state index in [0.717, 1.165) is 19.4 Å². The first-order valence-electron chi connectivity index (χ1n) is 6.80. The smallest absolute Gasteiger partial charge is 0.263 e. The highest BCUT2D eigenvalue weighted by Gasteiger charge is 2.20. The highest BCUT2D eigenvalue weighted by Crippen LogP contribution is 2.20. The summed E-state index contributed by atoms with van der Waals surface area (Å²) < 4.78 is 5.84. The molecule has 1 aliphatic carbocycles. The average molecular weight is 242 g/mol. The van der Waals surface area contributed by atoms with Crippen molar-refractivity contribution in [1.29, 1.82) is 0 Å². The fraction of sp³-hybridized carbons (Fsp3) is 0.923. The second-order valence-electron chi connectivity index (χ2n) is 4.88. The van der Waals surface area contributed by atoms with Crippen molar-refractivity contribution in [3.63, 3.8) is 0 Å². The monoisotopic (exact) mass is 242 g/mol. The minimum absolute atomic E-state index is 0.0430. The molecule has 1 fully saturated rings. The first kappa shape index (κ1) is 14.5. The van der Waals surface area contributed by atoms with Crippen LogP contribution in [-0.2, 0) is 9.53 Å². The number of carbonyl (C=O) groups is 1. The third-order valence-corrected chi connectivity index (χ3v) is 3.34. The lowest BCUT2D eigenvalue weighted by molar-refractivity contribution is -0.140. The number of rotatable bonds is 5. The topological polar surface area (TPSA) is 41.6 Å². The van der Waals surface area contributed by atoms with Crippen LogP contribution in [0.5, 0.6) is 0 Å². The molecule has 100 valence electrons. The molecule has 4 nitrogen and oxygen atoms in total. The predicted octanol–water partition coefficient (Wildman–Crippen LogP) is 2.10. The molecule has 0 heterocycles. The van der Waals surface area contributed by atoms with Crippen LogP contribution < -0.4 is 5.43 Å². The molecule has 1 saturated carbocycles. The Hall–Kier alpha value is -0.610. The van der Waals surface area contributed by atoms with E-state index < -0.39 is 0 Å². The number of hydrazine groups is 1. The molecule has 0 radical (unpaired) electrons. The highest BCUT2D eigenvalue weighted by molar-refractivity contribution is 5.79. The van der Waals surface area contributed by atoms with Gasteiger partial charge >= 0.3 is 0 Å². The number of amides is 1. The van der Waals surface area contributed by atoms with Gasteiger partial charge in [0.25, 0.3) is 5.91 Å². The van der Waals surface area contributed by atoms with Gasteiger partial charge in [-0.1, -0.05) is 32.6 Å². The molecule has 1 N–H and O–H groups in total. The van der Waals surface area contributed by atoms with Crippen LogP contribution in [-0.4, -0.2) is 36.7 Å². The number of nitrogens with zero attached hydrogens (tertiary/aromatic N) is 1. The maximum absolute atomic E-state index is 11.8. The van der Waals surface area contributed by atoms with Gasteiger partial charge in [-0.3, -0.25) is 10.2 Å². The molecule has 17 heavy (non-hydrogen) atoms. The second-order valence-corrected chi connectivity index (χ2v) is 4.88. The minimum atomic E-state index is -0.355. The van der Waals surface area contributed by atoms with Crippen molar-refractivity contribution < 1.29 is 9.53 Å². The summed E-state index contributed by atoms with van der Waals surface area (Å²) in [7, 11) is 1.86. The van der Waals surface area contributed by atoms with E-state index >= 15 is 0 Å². The summed E-state index contributed by atoms with van der Waals surface area (Å²) in [6.45, 7) is 4.63. The molecule has 1 amide bonds. The van der Waals surface area contributed by atoms with Crippen LogP contribution in [0.1, 0.15) is 52.4 Å². The quantitative estimate of drug-likeness (QED) is 0.593. The third kappa shape index (κ3) is 5.50. The van der Waals surface area contributed by atoms with Gasteiger partial charge in [-0.25, -0.2) is 5.01 Å². The molecule has 0 aromatic carbocycles. The van der Waals surface area contributed by atoms with E-state index in [0.29, 0.717) is 0 Å². The van der Waals surface area contributed by atoms with Crippen LogP contribution in [0.2, 0.25) is 0 Å². The predicted molar refractivity (Wildman–Crippen MR) is 68.5 cm³/mol. The van der Waals surface area contributed by atoms with E-state index in [2.05, 4.69) is 5.43 Å². The van der Waals surface area contributed by atoms with Crippen LogP contribution >= 0.6 is 0 Å². The SMILES string of the molecule is CCN(C)NC(=O)[C@@H](C)OC1CCCCCC1. The van der Waals surface area contributed by atoms with Crippen LogP contribution in [0.15, 0.2) is 0 Å². The summed E-state index contributed by atoms with van der Waals surface area (Å²) in [5.74, 6) is -0.0430. The third-order valence-electron chi connectivity index (χ3n) is 3.34. The standard InChI is InChI=1S/C13H26N2O2/c1-4-15(3)14-13(16)11(2)17-12-9-7-5-6-8-10-12/h11-12H,4-10H2,1-3H3,(H,14,16)/t11-/m1/s1. The Morgan fingerprint density at radius 3 is 2.47 bits per heavy atom. The Morgan fingerprint density at radius 1 is 1.35 bits per heavy atom. The van der Waals surface area contributed by atoms with Crippen molar-refractivity contribution in [2.24, 2.45) is 0 Å². The van der Waals surface area contributed by atoms with Crippen molar-refractivity contribution in [2.75, 3.05) is 13.6 Å². The molecule has 4 heteroatoms. The lowest BCUT2D eigenvalue weighted by Crippen LogP contribution is -2.45. The van der Waals surface area contributed by atoms with Crippen LogP contribution in [0.4, 0.5) is 0 Å². The lowest BCUT2D eigenvalue weighted by atomic mass is 10.1. The van der Waals surface area contributed by atoms with Gasteiger partial charge in [0.1, 0.15) is 6.10 Å². The van der Waals surface area contributed by atoms with Gasteiger partial charge in [-0.05, 0) is 19.8 Å². The Morgan fingerprint density at radius 2 is 1.94 bits per heavy atom. The molecule has 0 aliphatic heterocycles. The largest absolute Gasteiger partial charge is 0.365 e. The van der Waals surface area contributed by atoms with Gasteiger partial charge in [-0.2, -0.15) is 0 Å². The van der Waals surface area contributed by atoms with E-state index in [9.17, 15) is 4.79 Å². The minimum Gasteiger partial charge on any atom is -0.365 e. The van der Waals surface area contributed by atoms with Crippen LogP contribution in [0.25, 0.3) is 0 Å². The molecule has 0 spiro atoms. The van der Waals surface area contributed by atoms with Gasteiger partial charge in [-0.15, -0.1) is 0 Å². The number of ether oxygens (including phenoxy) is 1. The molecule has 1 rings (SSSR count). The molecule has 1 aliphatic rings. The van der Waals surface area contributed by atoms with Crippen LogP contribution in [0.3, 0.4) is 0 Å². The maximum atomic E-state index is 11.8. The van der Waals surface area contributed by atoms with Crippen LogP contribution in [0, 0.1) is 0 Å². The van der Waals surface area contributed by atoms with Crippen molar-refractivity contribution in [1.82, 2.24) is 10.4 Å². The molecule has 0 aromatic rings. The van der Waals surface area contributed by atoms with Crippen molar-refractivity contribution in [2.45, 2.75) is 64.6 Å². The van der Waals surface area contributed by atoms with Gasteiger partial charge in [0, 0.05) is 13.6 Å². The van der Waals surface area contributed by atoms with Gasteiger partial charge in [0.15, 0.2) is 0 Å². The van der Waals surface area contributed by atoms with Crippen molar-refractivity contribution >= 4 is 5.91 Å². The molecule has 0 unspecified atom stereocenters. The van der Waals surface area contributed by atoms with Gasteiger partial charge < -0.3 is 4.74 Å². The van der Waals surface area contributed by atoms with E-state index in [1.54, 1.807) is 5.01 Å². The Kier molecular flexibility index (Phi) is 6.52. The number of hydrogen-bond donors (Lipinski definition) is 1. The van der Waals surface area contributed by atoms with Crippen molar-refractivity contribution in [3.8, 4) is 0 Å². The Balaban J connectivity index is 2.31. The van der Waals surface area contributed by atoms with E-state index in [1.165, 1.54) is 25.7 Å². The summed E-state index contributed by atoms with van der Waals surface area (Å²) in [5.41, 5.74) is 2.80. The summed E-state index contributed by atoms with van der Waals surface area (Å²) in [4.78, 5) is 11.8. The number of nitrogens with one attached hydrogen (secondary N) is 1. The summed E-state index contributed by atoms with van der Waals surface area (Å²) in [6, 6.07) is 0. The fourth-order valence-corrected chi connectivity index (χ4v) is 2.09. The molecule has 0 aromatic heterocycles. The Labute approximate surface area is 105 Å². The normalized spacial score (nSPS) is 20.0. The van der Waals surface area contributed by atoms with E-state index in [-0.39, 0.29) is 18.1 Å². The Bertz CT molecular complexity index is 225. The van der Waals surface area contributed by atoms with Gasteiger partial charge in [0.2, 0.25) is 0 Å². The molecule has 0 saturated heterocycles. The summed E-state index contributed by atoms with van der Waals surface area (Å²) in [6.07, 6.45) is 7.18. The van der Waals surface area contributed by atoms with E-state index in [1.807, 2.05) is 20.9 Å². The highest BCUT2D eigenvalue weighted by atomic mass is 16.5. The maximum Gasteiger partial charge on any atom is 0.263 e. The lowest BCUT2D eigenvalue weighted by Gasteiger charge is -2.23. The average Bonchev–Trinajstić information content (AvgIpc) is 2.57.